The van der Waals surface area contributed by atoms with Gasteiger partial charge in [-0.15, -0.1) is 0 Å². The van der Waals surface area contributed by atoms with E-state index >= 15 is 0 Å². The molecule has 0 bridgehead atoms. The Morgan fingerprint density at radius 2 is 1.90 bits per heavy atom. The van der Waals surface area contributed by atoms with Crippen LogP contribution in [0.5, 0.6) is 0 Å². The molecule has 0 saturated heterocycles. The molecule has 2 heterocycles. The molecule has 3 rings (SSSR count). The van der Waals surface area contributed by atoms with Crippen molar-refractivity contribution in [3.8, 4) is 0 Å². The molecule has 0 spiro atoms. The number of carbonyl (C=O) groups is 1. The summed E-state index contributed by atoms with van der Waals surface area (Å²) in [6.45, 7) is 3.59. The van der Waals surface area contributed by atoms with Gasteiger partial charge in [-0.25, -0.2) is 4.79 Å². The van der Waals surface area contributed by atoms with Gasteiger partial charge in [-0.1, -0.05) is 33.2 Å². The monoisotopic (exact) mass is 457 g/mol. The van der Waals surface area contributed by atoms with Gasteiger partial charge in [-0.3, -0.25) is 4.98 Å². The Labute approximate surface area is 174 Å². The first kappa shape index (κ1) is 20.3. The number of carbonyl (C=O) groups excluding carboxylic acids is 1. The Hall–Kier alpha value is -3.40. The first-order valence-electron chi connectivity index (χ1n) is 8.48. The largest absolute Gasteiger partial charge is 0.381 e. The Balaban J connectivity index is 1.89. The van der Waals surface area contributed by atoms with E-state index in [9.17, 15) is 14.9 Å². The van der Waals surface area contributed by atoms with E-state index < -0.39 is 10.9 Å². The number of oxime groups is 1. The van der Waals surface area contributed by atoms with Crippen molar-refractivity contribution < 1.29 is 14.6 Å². The minimum absolute atomic E-state index is 0.133. The highest BCUT2D eigenvalue weighted by Gasteiger charge is 2.18. The normalized spacial score (nSPS) is 11.3. The molecule has 10 heteroatoms. The number of benzene rings is 1. The number of imidazole rings is 1. The Kier molecular flexibility index (Phi) is 6.13. The SMILES string of the molecule is Cc1ccc(C(=O)O/N=C(/Cn2cc([N+](=O)[O-])nc2C)c2ccc(Br)cc2)cn1. The van der Waals surface area contributed by atoms with E-state index in [0.29, 0.717) is 17.1 Å². The molecule has 0 saturated carbocycles. The minimum Gasteiger partial charge on any atom is -0.358 e. The number of nitrogens with zero attached hydrogens (tertiary/aromatic N) is 5. The first-order valence-corrected chi connectivity index (χ1v) is 9.28. The second-order valence-corrected chi connectivity index (χ2v) is 7.06. The van der Waals surface area contributed by atoms with Crippen LogP contribution in [0.15, 0.2) is 58.4 Å². The van der Waals surface area contributed by atoms with Crippen LogP contribution in [-0.2, 0) is 11.4 Å². The number of halogens is 1. The molecular formula is C19H16BrN5O4. The lowest BCUT2D eigenvalue weighted by Crippen LogP contribution is -2.14. The van der Waals surface area contributed by atoms with E-state index in [0.717, 1.165) is 10.2 Å². The zero-order valence-electron chi connectivity index (χ0n) is 15.6. The van der Waals surface area contributed by atoms with Crippen molar-refractivity contribution in [1.82, 2.24) is 14.5 Å². The molecule has 0 amide bonds. The molecule has 0 aliphatic heterocycles. The van der Waals surface area contributed by atoms with Crippen LogP contribution in [0.25, 0.3) is 0 Å². The standard InChI is InChI=1S/C19H16BrN5O4/c1-12-3-4-15(9-21-12)19(26)29-23-17(14-5-7-16(20)8-6-14)10-24-11-18(25(27)28)22-13(24)2/h3-9,11H,10H2,1-2H3/b23-17-. The van der Waals surface area contributed by atoms with Crippen molar-refractivity contribution in [3.05, 3.63) is 86.0 Å². The van der Waals surface area contributed by atoms with E-state index in [2.05, 4.69) is 31.1 Å². The summed E-state index contributed by atoms with van der Waals surface area (Å²) in [5, 5.41) is 15.0. The highest BCUT2D eigenvalue weighted by Crippen LogP contribution is 2.15. The van der Waals surface area contributed by atoms with E-state index in [1.807, 2.05) is 19.1 Å². The molecule has 1 aromatic carbocycles. The Morgan fingerprint density at radius 3 is 2.48 bits per heavy atom. The maximum Gasteiger partial charge on any atom is 0.381 e. The summed E-state index contributed by atoms with van der Waals surface area (Å²) in [5.41, 5.74) is 2.14. The van der Waals surface area contributed by atoms with Crippen LogP contribution in [0.3, 0.4) is 0 Å². The summed E-state index contributed by atoms with van der Waals surface area (Å²) in [5.74, 6) is -0.476. The lowest BCUT2D eigenvalue weighted by atomic mass is 10.1. The van der Waals surface area contributed by atoms with E-state index in [1.54, 1.807) is 35.8 Å². The molecule has 9 nitrogen and oxygen atoms in total. The molecule has 2 aromatic heterocycles. The minimum atomic E-state index is -0.652. The van der Waals surface area contributed by atoms with Crippen molar-refractivity contribution in [2.75, 3.05) is 0 Å². The Bertz CT molecular complexity index is 1070. The number of nitro groups is 1. The van der Waals surface area contributed by atoms with Crippen molar-refractivity contribution >= 4 is 33.4 Å². The van der Waals surface area contributed by atoms with Crippen LogP contribution in [0.1, 0.15) is 27.4 Å². The summed E-state index contributed by atoms with van der Waals surface area (Å²) in [4.78, 5) is 35.8. The third-order valence-electron chi connectivity index (χ3n) is 4.03. The molecule has 0 atom stereocenters. The van der Waals surface area contributed by atoms with Crippen molar-refractivity contribution in [3.63, 3.8) is 0 Å². The second kappa shape index (κ2) is 8.74. The topological polar surface area (TPSA) is 113 Å². The molecule has 148 valence electrons. The predicted molar refractivity (Wildman–Crippen MR) is 109 cm³/mol. The fourth-order valence-corrected chi connectivity index (χ4v) is 2.72. The maximum atomic E-state index is 12.3. The van der Waals surface area contributed by atoms with Crippen LogP contribution >= 0.6 is 15.9 Å². The van der Waals surface area contributed by atoms with Gasteiger partial charge in [-0.05, 0) is 41.1 Å². The number of hydrogen-bond acceptors (Lipinski definition) is 7. The first-order chi connectivity index (χ1) is 13.8. The highest BCUT2D eigenvalue weighted by molar-refractivity contribution is 9.10. The summed E-state index contributed by atoms with van der Waals surface area (Å²) < 4.78 is 2.44. The van der Waals surface area contributed by atoms with Crippen LogP contribution in [0, 0.1) is 24.0 Å². The van der Waals surface area contributed by atoms with Crippen molar-refractivity contribution in [1.29, 1.82) is 0 Å². The van der Waals surface area contributed by atoms with Gasteiger partial charge in [0.25, 0.3) is 0 Å². The lowest BCUT2D eigenvalue weighted by Gasteiger charge is -2.08. The van der Waals surface area contributed by atoms with Gasteiger partial charge in [0.15, 0.2) is 0 Å². The zero-order chi connectivity index (χ0) is 21.0. The number of aryl methyl sites for hydroxylation is 2. The van der Waals surface area contributed by atoms with Crippen molar-refractivity contribution in [2.24, 2.45) is 5.16 Å². The summed E-state index contributed by atoms with van der Waals surface area (Å²) >= 11 is 3.37. The average molecular weight is 458 g/mol. The van der Waals surface area contributed by atoms with Crippen LogP contribution in [-0.4, -0.2) is 31.1 Å². The highest BCUT2D eigenvalue weighted by atomic mass is 79.9. The predicted octanol–water partition coefficient (Wildman–Crippen LogP) is 3.83. The van der Waals surface area contributed by atoms with Gasteiger partial charge < -0.3 is 19.5 Å². The number of aromatic nitrogens is 3. The molecule has 0 N–H and O–H groups in total. The van der Waals surface area contributed by atoms with Gasteiger partial charge >= 0.3 is 11.8 Å². The number of rotatable bonds is 6. The van der Waals surface area contributed by atoms with Crippen LogP contribution < -0.4 is 0 Å². The Morgan fingerprint density at radius 1 is 1.21 bits per heavy atom. The molecule has 0 aliphatic carbocycles. The number of pyridine rings is 1. The van der Waals surface area contributed by atoms with Gasteiger partial charge in [0.1, 0.15) is 11.9 Å². The number of hydrogen-bond donors (Lipinski definition) is 0. The molecule has 3 aromatic rings. The van der Waals surface area contributed by atoms with Crippen LogP contribution in [0.4, 0.5) is 5.82 Å². The molecule has 29 heavy (non-hydrogen) atoms. The van der Waals surface area contributed by atoms with E-state index in [4.69, 9.17) is 4.84 Å². The average Bonchev–Trinajstić information content (AvgIpc) is 3.07. The third-order valence-corrected chi connectivity index (χ3v) is 4.56. The van der Waals surface area contributed by atoms with Crippen molar-refractivity contribution in [2.45, 2.75) is 20.4 Å². The summed E-state index contributed by atoms with van der Waals surface area (Å²) in [6, 6.07) is 10.5. The maximum absolute atomic E-state index is 12.3. The fraction of sp³-hybridized carbons (Fsp3) is 0.158. The quantitative estimate of drug-likeness (QED) is 0.240. The molecule has 0 unspecified atom stereocenters. The second-order valence-electron chi connectivity index (χ2n) is 6.14. The van der Waals surface area contributed by atoms with Gasteiger partial charge in [-0.2, -0.15) is 0 Å². The zero-order valence-corrected chi connectivity index (χ0v) is 17.2. The van der Waals surface area contributed by atoms with Gasteiger partial charge in [0.2, 0.25) is 5.82 Å². The third kappa shape index (κ3) is 5.11. The van der Waals surface area contributed by atoms with Crippen LogP contribution in [0.2, 0.25) is 0 Å². The lowest BCUT2D eigenvalue weighted by molar-refractivity contribution is -0.389. The van der Waals surface area contributed by atoms with Gasteiger partial charge in [0, 0.05) is 28.9 Å². The molecule has 0 fully saturated rings. The molecular weight excluding hydrogens is 442 g/mol. The smallest absolute Gasteiger partial charge is 0.358 e. The van der Waals surface area contributed by atoms with E-state index in [1.165, 1.54) is 12.4 Å². The fourth-order valence-electron chi connectivity index (χ4n) is 2.45. The molecule has 0 aliphatic rings. The molecule has 0 radical (unpaired) electrons. The summed E-state index contributed by atoms with van der Waals surface area (Å²) in [7, 11) is 0. The summed E-state index contributed by atoms with van der Waals surface area (Å²) in [6.07, 6.45) is 2.73. The van der Waals surface area contributed by atoms with E-state index in [-0.39, 0.29) is 17.9 Å². The van der Waals surface area contributed by atoms with Gasteiger partial charge in [0.05, 0.1) is 12.1 Å².